The Labute approximate surface area is 115 Å². The van der Waals surface area contributed by atoms with Crippen LogP contribution in [0.1, 0.15) is 5.56 Å². The Morgan fingerprint density at radius 2 is 1.74 bits per heavy atom. The summed E-state index contributed by atoms with van der Waals surface area (Å²) in [5.74, 6) is 0. The van der Waals surface area contributed by atoms with Gasteiger partial charge in [-0.3, -0.25) is 4.79 Å². The van der Waals surface area contributed by atoms with E-state index in [2.05, 4.69) is 11.0 Å². The van der Waals surface area contributed by atoms with E-state index in [-0.39, 0.29) is 5.43 Å². The van der Waals surface area contributed by atoms with Crippen LogP contribution in [0.2, 0.25) is 0 Å². The third-order valence-electron chi connectivity index (χ3n) is 3.14. The van der Waals surface area contributed by atoms with Gasteiger partial charge < -0.3 is 4.90 Å². The Kier molecular flexibility index (Phi) is 3.09. The minimum Gasteiger partial charge on any atom is -0.305 e. The first kappa shape index (κ1) is 12.3. The van der Waals surface area contributed by atoms with Crippen LogP contribution < -0.4 is 5.43 Å². The van der Waals surface area contributed by atoms with Crippen molar-refractivity contribution in [3.05, 3.63) is 58.3 Å². The lowest BCUT2D eigenvalue weighted by Gasteiger charge is -2.10. The molecule has 2 nitrogen and oxygen atoms in total. The summed E-state index contributed by atoms with van der Waals surface area (Å²) >= 11 is 1.69. The summed E-state index contributed by atoms with van der Waals surface area (Å²) in [5.41, 5.74) is 1.38. The molecule has 96 valence electrons. The molecule has 0 unspecified atom stereocenters. The van der Waals surface area contributed by atoms with E-state index < -0.39 is 0 Å². The number of hydrogen-bond donors (Lipinski definition) is 0. The summed E-state index contributed by atoms with van der Waals surface area (Å²) < 4.78 is 2.13. The topological polar surface area (TPSA) is 20.3 Å². The monoisotopic (exact) mass is 269 g/mol. The Bertz CT molecular complexity index is 805. The van der Waals surface area contributed by atoms with Crippen molar-refractivity contribution >= 4 is 31.5 Å². The molecule has 0 fully saturated rings. The highest BCUT2D eigenvalue weighted by Gasteiger charge is 2.06. The first-order valence-corrected chi connectivity index (χ1v) is 7.06. The molecule has 2 aromatic carbocycles. The highest BCUT2D eigenvalue weighted by molar-refractivity contribution is 7.24. The predicted octanol–water partition coefficient (Wildman–Crippen LogP) is 3.48. The molecule has 0 aliphatic heterocycles. The van der Waals surface area contributed by atoms with Crippen LogP contribution in [0.15, 0.2) is 47.3 Å². The fourth-order valence-electron chi connectivity index (χ4n) is 2.31. The second-order valence-electron chi connectivity index (χ2n) is 5.00. The molecule has 0 aliphatic rings. The summed E-state index contributed by atoms with van der Waals surface area (Å²) in [6, 6.07) is 14.0. The SMILES string of the molecule is CN(C)Cc1ccc2c(=O)c3ccccc3sc2c1. The lowest BCUT2D eigenvalue weighted by atomic mass is 10.1. The molecule has 1 heterocycles. The van der Waals surface area contributed by atoms with E-state index >= 15 is 0 Å². The van der Waals surface area contributed by atoms with Gasteiger partial charge in [0, 0.05) is 26.7 Å². The molecule has 3 aromatic rings. The van der Waals surface area contributed by atoms with Gasteiger partial charge in [0.25, 0.3) is 0 Å². The maximum Gasteiger partial charge on any atom is 0.195 e. The Morgan fingerprint density at radius 3 is 2.53 bits per heavy atom. The summed E-state index contributed by atoms with van der Waals surface area (Å²) in [7, 11) is 4.10. The third kappa shape index (κ3) is 2.27. The maximum atomic E-state index is 12.4. The number of rotatable bonds is 2. The van der Waals surface area contributed by atoms with Crippen LogP contribution in [0.5, 0.6) is 0 Å². The van der Waals surface area contributed by atoms with E-state index in [1.54, 1.807) is 11.3 Å². The van der Waals surface area contributed by atoms with Crippen molar-refractivity contribution in [1.82, 2.24) is 4.90 Å². The maximum absolute atomic E-state index is 12.4. The molecule has 3 rings (SSSR count). The lowest BCUT2D eigenvalue weighted by Crippen LogP contribution is -2.10. The van der Waals surface area contributed by atoms with Gasteiger partial charge in [0.05, 0.1) is 0 Å². The van der Waals surface area contributed by atoms with Crippen molar-refractivity contribution in [3.63, 3.8) is 0 Å². The number of nitrogens with zero attached hydrogens (tertiary/aromatic N) is 1. The number of benzene rings is 2. The predicted molar refractivity (Wildman–Crippen MR) is 83.0 cm³/mol. The second kappa shape index (κ2) is 4.76. The minimum absolute atomic E-state index is 0.140. The van der Waals surface area contributed by atoms with Gasteiger partial charge in [-0.1, -0.05) is 18.2 Å². The fourth-order valence-corrected chi connectivity index (χ4v) is 3.44. The zero-order chi connectivity index (χ0) is 13.4. The van der Waals surface area contributed by atoms with Crippen LogP contribution in [0.25, 0.3) is 20.2 Å². The van der Waals surface area contributed by atoms with Gasteiger partial charge in [0.15, 0.2) is 5.43 Å². The van der Waals surface area contributed by atoms with E-state index in [4.69, 9.17) is 0 Å². The van der Waals surface area contributed by atoms with Crippen LogP contribution in [-0.4, -0.2) is 19.0 Å². The molecule has 0 spiro atoms. The van der Waals surface area contributed by atoms with Gasteiger partial charge in [0.1, 0.15) is 0 Å². The first-order chi connectivity index (χ1) is 9.15. The summed E-state index contributed by atoms with van der Waals surface area (Å²) in [4.78, 5) is 14.5. The third-order valence-corrected chi connectivity index (χ3v) is 4.27. The standard InChI is InChI=1S/C16H15NOS/c1-17(2)10-11-7-8-13-15(9-11)19-14-6-4-3-5-12(14)16(13)18/h3-9H,10H2,1-2H3. The second-order valence-corrected chi connectivity index (χ2v) is 6.08. The Balaban J connectivity index is 2.29. The highest BCUT2D eigenvalue weighted by Crippen LogP contribution is 2.25. The highest BCUT2D eigenvalue weighted by atomic mass is 32.1. The van der Waals surface area contributed by atoms with Crippen LogP contribution >= 0.6 is 11.3 Å². The van der Waals surface area contributed by atoms with E-state index in [0.29, 0.717) is 0 Å². The fraction of sp³-hybridized carbons (Fsp3) is 0.188. The summed E-state index contributed by atoms with van der Waals surface area (Å²) in [6.45, 7) is 0.893. The molecule has 0 amide bonds. The first-order valence-electron chi connectivity index (χ1n) is 6.24. The Hall–Kier alpha value is -1.71. The van der Waals surface area contributed by atoms with Crippen molar-refractivity contribution in [2.24, 2.45) is 0 Å². The zero-order valence-electron chi connectivity index (χ0n) is 11.0. The summed E-state index contributed by atoms with van der Waals surface area (Å²) in [6.07, 6.45) is 0. The van der Waals surface area contributed by atoms with Crippen molar-refractivity contribution < 1.29 is 0 Å². The molecular weight excluding hydrogens is 254 g/mol. The molecule has 19 heavy (non-hydrogen) atoms. The van der Waals surface area contributed by atoms with Gasteiger partial charge in [0.2, 0.25) is 0 Å². The van der Waals surface area contributed by atoms with E-state index in [1.807, 2.05) is 50.5 Å². The minimum atomic E-state index is 0.140. The molecule has 0 bridgehead atoms. The Morgan fingerprint density at radius 1 is 1.00 bits per heavy atom. The lowest BCUT2D eigenvalue weighted by molar-refractivity contribution is 0.403. The van der Waals surface area contributed by atoms with E-state index in [0.717, 1.165) is 26.7 Å². The quantitative estimate of drug-likeness (QED) is 0.664. The zero-order valence-corrected chi connectivity index (χ0v) is 11.8. The molecule has 3 heteroatoms. The largest absolute Gasteiger partial charge is 0.305 e. The molecule has 0 saturated heterocycles. The number of hydrogen-bond acceptors (Lipinski definition) is 3. The molecule has 1 aromatic heterocycles. The van der Waals surface area contributed by atoms with Crippen LogP contribution in [0.3, 0.4) is 0 Å². The van der Waals surface area contributed by atoms with Crippen LogP contribution in [0, 0.1) is 0 Å². The van der Waals surface area contributed by atoms with Gasteiger partial charge >= 0.3 is 0 Å². The normalized spacial score (nSPS) is 11.5. The van der Waals surface area contributed by atoms with E-state index in [9.17, 15) is 4.79 Å². The van der Waals surface area contributed by atoms with Crippen LogP contribution in [0.4, 0.5) is 0 Å². The van der Waals surface area contributed by atoms with Gasteiger partial charge in [-0.25, -0.2) is 0 Å². The van der Waals surface area contributed by atoms with Crippen molar-refractivity contribution in [2.75, 3.05) is 14.1 Å². The van der Waals surface area contributed by atoms with Crippen molar-refractivity contribution in [1.29, 1.82) is 0 Å². The van der Waals surface area contributed by atoms with Crippen LogP contribution in [-0.2, 0) is 6.54 Å². The van der Waals surface area contributed by atoms with Gasteiger partial charge in [-0.2, -0.15) is 0 Å². The molecule has 0 atom stereocenters. The average molecular weight is 269 g/mol. The van der Waals surface area contributed by atoms with Crippen molar-refractivity contribution in [3.8, 4) is 0 Å². The average Bonchev–Trinajstić information content (AvgIpc) is 2.38. The molecule has 0 aliphatic carbocycles. The van der Waals surface area contributed by atoms with Crippen molar-refractivity contribution in [2.45, 2.75) is 6.54 Å². The molecule has 0 N–H and O–H groups in total. The van der Waals surface area contributed by atoms with Gasteiger partial charge in [-0.05, 0) is 43.9 Å². The molecular formula is C16H15NOS. The number of fused-ring (bicyclic) bond motifs is 2. The molecule has 0 radical (unpaired) electrons. The summed E-state index contributed by atoms with van der Waals surface area (Å²) in [5, 5.41) is 1.64. The van der Waals surface area contributed by atoms with E-state index in [1.165, 1.54) is 5.56 Å². The van der Waals surface area contributed by atoms with Gasteiger partial charge in [-0.15, -0.1) is 11.3 Å². The smallest absolute Gasteiger partial charge is 0.195 e. The molecule has 0 saturated carbocycles.